The third-order valence-corrected chi connectivity index (χ3v) is 1.67. The normalized spacial score (nSPS) is 27.7. The molecule has 56 valence electrons. The molecule has 0 spiro atoms. The molecule has 1 rings (SSSR count). The van der Waals surface area contributed by atoms with Gasteiger partial charge in [0.1, 0.15) is 5.78 Å². The molecule has 0 radical (unpaired) electrons. The van der Waals surface area contributed by atoms with E-state index in [0.717, 1.165) is 6.42 Å². The predicted octanol–water partition coefficient (Wildman–Crippen LogP) is 1.05. The Balaban J connectivity index is 2.45. The van der Waals surface area contributed by atoms with Crippen LogP contribution in [0.1, 0.15) is 25.7 Å². The molecule has 1 aliphatic carbocycles. The van der Waals surface area contributed by atoms with Gasteiger partial charge < -0.3 is 5.11 Å². The van der Waals surface area contributed by atoms with Gasteiger partial charge >= 0.3 is 0 Å². The average Bonchev–Trinajstić information content (AvgIpc) is 1.90. The van der Waals surface area contributed by atoms with Crippen LogP contribution in [0, 0.1) is 0 Å². The fourth-order valence-corrected chi connectivity index (χ4v) is 1.03. The summed E-state index contributed by atoms with van der Waals surface area (Å²) < 4.78 is 0. The molecule has 1 unspecified atom stereocenters. The zero-order valence-electron chi connectivity index (χ0n) is 5.92. The first kappa shape index (κ1) is 7.48. The molecule has 1 N–H and O–H groups in total. The minimum atomic E-state index is -0.399. The summed E-state index contributed by atoms with van der Waals surface area (Å²) in [7, 11) is 0. The lowest BCUT2D eigenvalue weighted by molar-refractivity contribution is -0.119. The minimum absolute atomic E-state index is 0.267. The van der Waals surface area contributed by atoms with Crippen molar-refractivity contribution in [2.75, 3.05) is 0 Å². The number of hydrogen-bond acceptors (Lipinski definition) is 2. The Morgan fingerprint density at radius 3 is 3.10 bits per heavy atom. The van der Waals surface area contributed by atoms with Crippen molar-refractivity contribution in [3.63, 3.8) is 0 Å². The first-order chi connectivity index (χ1) is 4.79. The fraction of sp³-hybridized carbons (Fsp3) is 0.625. The van der Waals surface area contributed by atoms with E-state index >= 15 is 0 Å². The van der Waals surface area contributed by atoms with Gasteiger partial charge in [-0.25, -0.2) is 0 Å². The topological polar surface area (TPSA) is 37.3 Å². The number of ketones is 1. The molecule has 2 heteroatoms. The highest BCUT2D eigenvalue weighted by Gasteiger charge is 2.07. The van der Waals surface area contributed by atoms with Gasteiger partial charge in [-0.2, -0.15) is 0 Å². The van der Waals surface area contributed by atoms with E-state index in [2.05, 4.69) is 0 Å². The first-order valence-electron chi connectivity index (χ1n) is 3.65. The number of Topliss-reactive ketones (excluding diaryl/α,β-unsaturated/α-hetero) is 1. The van der Waals surface area contributed by atoms with E-state index in [9.17, 15) is 4.79 Å². The number of carbonyl (C=O) groups excluding carboxylic acids is 1. The van der Waals surface area contributed by atoms with E-state index in [0.29, 0.717) is 19.3 Å². The van der Waals surface area contributed by atoms with E-state index in [1.165, 1.54) is 0 Å². The maximum absolute atomic E-state index is 10.8. The van der Waals surface area contributed by atoms with Crippen LogP contribution in [-0.4, -0.2) is 17.0 Å². The van der Waals surface area contributed by atoms with Crippen molar-refractivity contribution in [1.29, 1.82) is 0 Å². The van der Waals surface area contributed by atoms with Gasteiger partial charge in [-0.3, -0.25) is 4.79 Å². The van der Waals surface area contributed by atoms with E-state index in [-0.39, 0.29) is 5.78 Å². The van der Waals surface area contributed by atoms with Crippen molar-refractivity contribution in [2.45, 2.75) is 31.8 Å². The predicted molar refractivity (Wildman–Crippen MR) is 38.6 cm³/mol. The maximum Gasteiger partial charge on any atom is 0.133 e. The van der Waals surface area contributed by atoms with Gasteiger partial charge in [0, 0.05) is 12.8 Å². The molecule has 0 heterocycles. The summed E-state index contributed by atoms with van der Waals surface area (Å²) in [5.74, 6) is 0.267. The molecule has 2 nitrogen and oxygen atoms in total. The minimum Gasteiger partial charge on any atom is -0.389 e. The van der Waals surface area contributed by atoms with Crippen LogP contribution in [-0.2, 0) is 4.79 Å². The van der Waals surface area contributed by atoms with Crippen LogP contribution < -0.4 is 0 Å². The lowest BCUT2D eigenvalue weighted by Gasteiger charge is -2.07. The standard InChI is InChI=1S/C8H12O2/c9-7-3-1-2-4-8(10)6-5-7/h1,3,7,9H,2,4-6H2. The summed E-state index contributed by atoms with van der Waals surface area (Å²) in [5.41, 5.74) is 0. The highest BCUT2D eigenvalue weighted by Crippen LogP contribution is 2.08. The quantitative estimate of drug-likeness (QED) is 0.510. The van der Waals surface area contributed by atoms with Crippen molar-refractivity contribution in [2.24, 2.45) is 0 Å². The zero-order chi connectivity index (χ0) is 7.40. The second-order valence-electron chi connectivity index (χ2n) is 2.61. The molecule has 1 atom stereocenters. The van der Waals surface area contributed by atoms with E-state index in [4.69, 9.17) is 5.11 Å². The summed E-state index contributed by atoms with van der Waals surface area (Å²) in [6, 6.07) is 0. The van der Waals surface area contributed by atoms with Crippen LogP contribution in [0.4, 0.5) is 0 Å². The highest BCUT2D eigenvalue weighted by atomic mass is 16.3. The van der Waals surface area contributed by atoms with Gasteiger partial charge in [0.25, 0.3) is 0 Å². The number of aliphatic hydroxyl groups is 1. The van der Waals surface area contributed by atoms with E-state index in [1.54, 1.807) is 6.08 Å². The number of hydrogen-bond donors (Lipinski definition) is 1. The molecule has 0 amide bonds. The lowest BCUT2D eigenvalue weighted by Crippen LogP contribution is -2.08. The molecular weight excluding hydrogens is 128 g/mol. The summed E-state index contributed by atoms with van der Waals surface area (Å²) in [5, 5.41) is 9.09. The number of rotatable bonds is 0. The average molecular weight is 140 g/mol. The largest absolute Gasteiger partial charge is 0.389 e. The van der Waals surface area contributed by atoms with Crippen molar-refractivity contribution >= 4 is 5.78 Å². The first-order valence-corrected chi connectivity index (χ1v) is 3.65. The molecule has 0 aromatic rings. The molecule has 0 aromatic carbocycles. The summed E-state index contributed by atoms with van der Waals surface area (Å²) in [6.07, 6.45) is 5.80. The Kier molecular flexibility index (Phi) is 2.63. The Hall–Kier alpha value is -0.630. The second kappa shape index (κ2) is 3.52. The lowest BCUT2D eigenvalue weighted by atomic mass is 10.0. The van der Waals surface area contributed by atoms with Crippen LogP contribution >= 0.6 is 0 Å². The van der Waals surface area contributed by atoms with Gasteiger partial charge in [0.2, 0.25) is 0 Å². The molecular formula is C8H12O2. The molecule has 0 aliphatic heterocycles. The highest BCUT2D eigenvalue weighted by molar-refractivity contribution is 5.78. The van der Waals surface area contributed by atoms with Crippen LogP contribution in [0.2, 0.25) is 0 Å². The van der Waals surface area contributed by atoms with Gasteiger partial charge in [-0.05, 0) is 12.8 Å². The van der Waals surface area contributed by atoms with Crippen LogP contribution in [0.25, 0.3) is 0 Å². The van der Waals surface area contributed by atoms with Gasteiger partial charge in [0.05, 0.1) is 6.10 Å². The zero-order valence-corrected chi connectivity index (χ0v) is 5.92. The third kappa shape index (κ3) is 2.31. The van der Waals surface area contributed by atoms with Gasteiger partial charge in [0.15, 0.2) is 0 Å². The SMILES string of the molecule is O=C1CCC=CC(O)CC1. The molecule has 0 fully saturated rings. The van der Waals surface area contributed by atoms with Gasteiger partial charge in [-0.1, -0.05) is 12.2 Å². The second-order valence-corrected chi connectivity index (χ2v) is 2.61. The van der Waals surface area contributed by atoms with Crippen molar-refractivity contribution < 1.29 is 9.90 Å². The number of allylic oxidation sites excluding steroid dienone is 1. The van der Waals surface area contributed by atoms with E-state index < -0.39 is 6.10 Å². The summed E-state index contributed by atoms with van der Waals surface area (Å²) in [6.45, 7) is 0. The molecule has 0 aromatic heterocycles. The molecule has 10 heavy (non-hydrogen) atoms. The molecule has 0 saturated heterocycles. The molecule has 0 saturated carbocycles. The smallest absolute Gasteiger partial charge is 0.133 e. The Labute approximate surface area is 60.6 Å². The fourth-order valence-electron chi connectivity index (χ4n) is 1.03. The van der Waals surface area contributed by atoms with Crippen LogP contribution in [0.3, 0.4) is 0 Å². The van der Waals surface area contributed by atoms with Crippen LogP contribution in [0.15, 0.2) is 12.2 Å². The molecule has 0 bridgehead atoms. The maximum atomic E-state index is 10.8. The molecule has 1 aliphatic rings. The Bertz CT molecular complexity index is 149. The van der Waals surface area contributed by atoms with Gasteiger partial charge in [-0.15, -0.1) is 0 Å². The van der Waals surface area contributed by atoms with Crippen molar-refractivity contribution in [1.82, 2.24) is 0 Å². The third-order valence-electron chi connectivity index (χ3n) is 1.67. The number of aliphatic hydroxyl groups excluding tert-OH is 1. The Morgan fingerprint density at radius 1 is 1.50 bits per heavy atom. The summed E-state index contributed by atoms with van der Waals surface area (Å²) >= 11 is 0. The van der Waals surface area contributed by atoms with Crippen LogP contribution in [0.5, 0.6) is 0 Å². The monoisotopic (exact) mass is 140 g/mol. The Morgan fingerprint density at radius 2 is 2.30 bits per heavy atom. The van der Waals surface area contributed by atoms with Crippen molar-refractivity contribution in [3.8, 4) is 0 Å². The van der Waals surface area contributed by atoms with Crippen molar-refractivity contribution in [3.05, 3.63) is 12.2 Å². The van der Waals surface area contributed by atoms with E-state index in [1.807, 2.05) is 6.08 Å². The summed E-state index contributed by atoms with van der Waals surface area (Å²) in [4.78, 5) is 10.8. The number of carbonyl (C=O) groups is 1.